The molecule has 1 amide bonds. The lowest BCUT2D eigenvalue weighted by Crippen LogP contribution is -2.44. The highest BCUT2D eigenvalue weighted by Crippen LogP contribution is 2.27. The number of nitrogens with one attached hydrogen (secondary N) is 2. The van der Waals surface area contributed by atoms with Crippen LogP contribution in [-0.4, -0.2) is 46.5 Å². The van der Waals surface area contributed by atoms with E-state index < -0.39 is 0 Å². The first-order valence-corrected chi connectivity index (χ1v) is 8.84. The van der Waals surface area contributed by atoms with E-state index >= 15 is 0 Å². The van der Waals surface area contributed by atoms with Gasteiger partial charge in [-0.05, 0) is 37.4 Å². The second-order valence-corrected chi connectivity index (χ2v) is 7.12. The number of carbonyl (C=O) groups is 1. The van der Waals surface area contributed by atoms with Gasteiger partial charge in [-0.3, -0.25) is 9.36 Å². The smallest absolute Gasteiger partial charge is 0.326 e. The number of para-hydroxylation sites is 2. The normalized spacial score (nSPS) is 25.5. The summed E-state index contributed by atoms with van der Waals surface area (Å²) in [6, 6.07) is 7.97. The molecular weight excluding hydrogens is 304 g/mol. The maximum absolute atomic E-state index is 12.7. The largest absolute Gasteiger partial charge is 0.342 e. The van der Waals surface area contributed by atoms with Crippen molar-refractivity contribution in [3.63, 3.8) is 0 Å². The van der Waals surface area contributed by atoms with E-state index in [1.54, 1.807) is 0 Å². The van der Waals surface area contributed by atoms with E-state index in [-0.39, 0.29) is 23.6 Å². The molecule has 2 atom stereocenters. The topological polar surface area (TPSA) is 70.1 Å². The van der Waals surface area contributed by atoms with Crippen LogP contribution in [0.3, 0.4) is 0 Å². The molecule has 0 aliphatic carbocycles. The van der Waals surface area contributed by atoms with Gasteiger partial charge in [0.2, 0.25) is 5.91 Å². The molecule has 2 aliphatic rings. The first kappa shape index (κ1) is 15.4. The van der Waals surface area contributed by atoms with Gasteiger partial charge in [0.1, 0.15) is 0 Å². The maximum atomic E-state index is 12.7. The summed E-state index contributed by atoms with van der Waals surface area (Å²) in [5, 5.41) is 3.30. The second kappa shape index (κ2) is 6.09. The van der Waals surface area contributed by atoms with Crippen LogP contribution < -0.4 is 11.0 Å². The van der Waals surface area contributed by atoms with E-state index in [1.807, 2.05) is 33.7 Å². The molecule has 6 nitrogen and oxygen atoms in total. The Morgan fingerprint density at radius 1 is 1.17 bits per heavy atom. The van der Waals surface area contributed by atoms with Gasteiger partial charge in [0.05, 0.1) is 17.0 Å². The Hall–Kier alpha value is -2.08. The third kappa shape index (κ3) is 2.55. The number of carbonyl (C=O) groups excluding carboxylic acids is 1. The predicted octanol–water partition coefficient (Wildman–Crippen LogP) is 1.35. The lowest BCUT2D eigenvalue weighted by Gasteiger charge is -2.34. The number of hydrogen-bond acceptors (Lipinski definition) is 3. The first-order chi connectivity index (χ1) is 11.6. The van der Waals surface area contributed by atoms with Crippen LogP contribution in [0.2, 0.25) is 0 Å². The van der Waals surface area contributed by atoms with Gasteiger partial charge in [-0.25, -0.2) is 4.79 Å². The van der Waals surface area contributed by atoms with Crippen LogP contribution in [0, 0.1) is 11.8 Å². The first-order valence-electron chi connectivity index (χ1n) is 8.84. The molecule has 2 N–H and O–H groups in total. The molecule has 6 heteroatoms. The van der Waals surface area contributed by atoms with Crippen LogP contribution in [0.4, 0.5) is 0 Å². The van der Waals surface area contributed by atoms with Gasteiger partial charge in [-0.15, -0.1) is 0 Å². The summed E-state index contributed by atoms with van der Waals surface area (Å²) in [5.74, 6) is 0.793. The van der Waals surface area contributed by atoms with Gasteiger partial charge in [-0.2, -0.15) is 0 Å². The zero-order valence-electron chi connectivity index (χ0n) is 14.0. The number of aromatic nitrogens is 2. The number of H-pyrrole nitrogens is 1. The van der Waals surface area contributed by atoms with E-state index in [4.69, 9.17) is 0 Å². The second-order valence-electron chi connectivity index (χ2n) is 7.12. The van der Waals surface area contributed by atoms with Gasteiger partial charge in [0.15, 0.2) is 0 Å². The Balaban J connectivity index is 1.49. The molecule has 2 aliphatic heterocycles. The van der Waals surface area contributed by atoms with Crippen LogP contribution in [0.1, 0.15) is 25.8 Å². The number of imidazole rings is 1. The molecule has 0 spiro atoms. The monoisotopic (exact) mass is 328 g/mol. The predicted molar refractivity (Wildman–Crippen MR) is 92.9 cm³/mol. The standard InChI is InChI=1S/C18H24N4O2/c1-12-10-19-11-14(12)17(23)21-8-6-13(7-9-21)22-16-5-3-2-4-15(16)20-18(22)24/h2-5,12-14,19H,6-11H2,1H3,(H,20,24)/t12-,14-/m1/s1. The Morgan fingerprint density at radius 3 is 2.62 bits per heavy atom. The molecule has 1 aromatic heterocycles. The van der Waals surface area contributed by atoms with Crippen molar-refractivity contribution in [2.24, 2.45) is 11.8 Å². The molecule has 1 aromatic carbocycles. The van der Waals surface area contributed by atoms with Gasteiger partial charge in [-0.1, -0.05) is 19.1 Å². The third-order valence-electron chi connectivity index (χ3n) is 5.60. The number of fused-ring (bicyclic) bond motifs is 1. The van der Waals surface area contributed by atoms with Crippen molar-refractivity contribution in [1.29, 1.82) is 0 Å². The van der Waals surface area contributed by atoms with Crippen molar-refractivity contribution in [3.05, 3.63) is 34.7 Å². The molecule has 0 unspecified atom stereocenters. The van der Waals surface area contributed by atoms with Crippen molar-refractivity contribution < 1.29 is 4.79 Å². The zero-order chi connectivity index (χ0) is 16.7. The average Bonchev–Trinajstić information content (AvgIpc) is 3.16. The average molecular weight is 328 g/mol. The molecule has 0 bridgehead atoms. The number of benzene rings is 1. The summed E-state index contributed by atoms with van der Waals surface area (Å²) >= 11 is 0. The SMILES string of the molecule is C[C@@H]1CNC[C@H]1C(=O)N1CCC(n2c(=O)[nH]c3ccccc32)CC1. The number of nitrogens with zero attached hydrogens (tertiary/aromatic N) is 2. The molecule has 2 fully saturated rings. The Bertz CT molecular complexity index is 801. The maximum Gasteiger partial charge on any atom is 0.326 e. The van der Waals surface area contributed by atoms with Crippen LogP contribution >= 0.6 is 0 Å². The zero-order valence-corrected chi connectivity index (χ0v) is 14.0. The minimum atomic E-state index is -0.0467. The van der Waals surface area contributed by atoms with Crippen LogP contribution in [0.5, 0.6) is 0 Å². The molecule has 24 heavy (non-hydrogen) atoms. The van der Waals surface area contributed by atoms with Crippen LogP contribution in [-0.2, 0) is 4.79 Å². The molecule has 2 saturated heterocycles. The minimum Gasteiger partial charge on any atom is -0.342 e. The Morgan fingerprint density at radius 2 is 1.92 bits per heavy atom. The number of piperidine rings is 1. The number of aromatic amines is 1. The molecule has 2 aromatic rings. The fourth-order valence-corrected chi connectivity index (χ4v) is 4.16. The van der Waals surface area contributed by atoms with E-state index in [0.717, 1.165) is 50.1 Å². The van der Waals surface area contributed by atoms with E-state index in [9.17, 15) is 9.59 Å². The number of likely N-dealkylation sites (tertiary alicyclic amines) is 1. The summed E-state index contributed by atoms with van der Waals surface area (Å²) < 4.78 is 1.87. The summed E-state index contributed by atoms with van der Waals surface area (Å²) in [5.41, 5.74) is 1.79. The van der Waals surface area contributed by atoms with Gasteiger partial charge < -0.3 is 15.2 Å². The Kier molecular flexibility index (Phi) is 3.92. The highest BCUT2D eigenvalue weighted by atomic mass is 16.2. The summed E-state index contributed by atoms with van der Waals surface area (Å²) in [7, 11) is 0. The molecule has 128 valence electrons. The number of hydrogen-bond donors (Lipinski definition) is 2. The van der Waals surface area contributed by atoms with Crippen molar-refractivity contribution in [3.8, 4) is 0 Å². The number of amides is 1. The molecule has 4 rings (SSSR count). The molecule has 3 heterocycles. The van der Waals surface area contributed by atoms with Crippen LogP contribution in [0.25, 0.3) is 11.0 Å². The van der Waals surface area contributed by atoms with E-state index in [2.05, 4.69) is 17.2 Å². The quantitative estimate of drug-likeness (QED) is 0.874. The lowest BCUT2D eigenvalue weighted by molar-refractivity contribution is -0.137. The summed E-state index contributed by atoms with van der Waals surface area (Å²) in [4.78, 5) is 29.9. The van der Waals surface area contributed by atoms with E-state index in [1.165, 1.54) is 0 Å². The summed E-state index contributed by atoms with van der Waals surface area (Å²) in [6.45, 7) is 5.33. The lowest BCUT2D eigenvalue weighted by atomic mass is 9.95. The van der Waals surface area contributed by atoms with Crippen molar-refractivity contribution >= 4 is 16.9 Å². The van der Waals surface area contributed by atoms with Gasteiger partial charge in [0, 0.05) is 25.7 Å². The third-order valence-corrected chi connectivity index (χ3v) is 5.60. The highest BCUT2D eigenvalue weighted by molar-refractivity contribution is 5.80. The van der Waals surface area contributed by atoms with Gasteiger partial charge in [0.25, 0.3) is 0 Å². The van der Waals surface area contributed by atoms with Crippen molar-refractivity contribution in [2.75, 3.05) is 26.2 Å². The fraction of sp³-hybridized carbons (Fsp3) is 0.556. The number of rotatable bonds is 2. The van der Waals surface area contributed by atoms with Crippen molar-refractivity contribution in [2.45, 2.75) is 25.8 Å². The van der Waals surface area contributed by atoms with Gasteiger partial charge >= 0.3 is 5.69 Å². The highest BCUT2D eigenvalue weighted by Gasteiger charge is 2.34. The Labute approximate surface area is 140 Å². The fourth-order valence-electron chi connectivity index (χ4n) is 4.16. The van der Waals surface area contributed by atoms with Crippen LogP contribution in [0.15, 0.2) is 29.1 Å². The van der Waals surface area contributed by atoms with E-state index in [0.29, 0.717) is 5.92 Å². The van der Waals surface area contributed by atoms with Crippen molar-refractivity contribution in [1.82, 2.24) is 19.8 Å². The minimum absolute atomic E-state index is 0.0467. The molecular formula is C18H24N4O2. The molecule has 0 saturated carbocycles. The molecule has 0 radical (unpaired) electrons. The summed E-state index contributed by atoms with van der Waals surface area (Å²) in [6.07, 6.45) is 1.67.